The molecular weight excluding hydrogens is 499 g/mol. The summed E-state index contributed by atoms with van der Waals surface area (Å²) in [6.45, 7) is 8.60. The van der Waals surface area contributed by atoms with E-state index in [-0.39, 0.29) is 25.4 Å². The second-order valence-electron chi connectivity index (χ2n) is 10.8. The van der Waals surface area contributed by atoms with E-state index in [1.54, 1.807) is 0 Å². The van der Waals surface area contributed by atoms with Crippen molar-refractivity contribution < 1.29 is 33.5 Å². The molecule has 0 aliphatic carbocycles. The number of ether oxygens (including phenoxy) is 1. The molecule has 2 aromatic carbocycles. The van der Waals surface area contributed by atoms with Crippen LogP contribution < -0.4 is 16.1 Å². The van der Waals surface area contributed by atoms with E-state index in [0.717, 1.165) is 16.6 Å². The zero-order valence-electron chi connectivity index (χ0n) is 23.2. The third-order valence-corrected chi connectivity index (χ3v) is 7.14. The Morgan fingerprint density at radius 3 is 2.15 bits per heavy atom. The van der Waals surface area contributed by atoms with Crippen LogP contribution in [0.5, 0.6) is 0 Å². The molecule has 210 valence electrons. The first kappa shape index (κ1) is 30.2. The molecule has 1 atom stereocenters. The van der Waals surface area contributed by atoms with Gasteiger partial charge in [-0.1, -0.05) is 61.0 Å². The number of aliphatic carboxylic acids is 1. The van der Waals surface area contributed by atoms with E-state index in [2.05, 4.69) is 10.6 Å². The molecule has 0 bridgehead atoms. The highest BCUT2D eigenvalue weighted by Gasteiger charge is 2.51. The summed E-state index contributed by atoms with van der Waals surface area (Å²) in [6, 6.07) is 15.8. The number of amides is 2. The summed E-state index contributed by atoms with van der Waals surface area (Å²) >= 11 is 0. The van der Waals surface area contributed by atoms with Gasteiger partial charge >= 0.3 is 19.2 Å². The van der Waals surface area contributed by atoms with Crippen LogP contribution in [0.1, 0.15) is 64.5 Å². The molecule has 2 amide bonds. The fraction of sp³-hybridized carbons (Fsp3) is 0.483. The number of hydrogen-bond donors (Lipinski definition) is 3. The Morgan fingerprint density at radius 1 is 0.897 bits per heavy atom. The molecule has 2 aromatic rings. The average Bonchev–Trinajstić information content (AvgIpc) is 3.11. The van der Waals surface area contributed by atoms with Gasteiger partial charge in [-0.3, -0.25) is 4.79 Å². The number of unbranched alkanes of at least 4 members (excludes halogenated alkanes) is 2. The Morgan fingerprint density at radius 2 is 1.54 bits per heavy atom. The molecule has 1 fully saturated rings. The number of alkyl carbamates (subject to hydrolysis) is 1. The Labute approximate surface area is 230 Å². The zero-order chi connectivity index (χ0) is 28.5. The van der Waals surface area contributed by atoms with Crippen LogP contribution in [-0.4, -0.2) is 54.0 Å². The van der Waals surface area contributed by atoms with Crippen LogP contribution >= 0.6 is 0 Å². The van der Waals surface area contributed by atoms with E-state index < -0.39 is 36.4 Å². The molecule has 1 saturated heterocycles. The lowest BCUT2D eigenvalue weighted by molar-refractivity contribution is -0.141. The highest BCUT2D eigenvalue weighted by molar-refractivity contribution is 6.62. The standard InChI is InChI=1S/C29H39BN2O7/c1-28(2)29(3,4)39-30(38-28)23-16-14-21(15-17-23)19-24(26(34)35)32-25(33)13-9-6-10-18-31-27(36)37-20-22-11-7-5-8-12-22/h5,7-8,11-12,14-17,24H,6,9-10,13,18-20H2,1-4H3,(H,31,36)(H,32,33)(H,34,35)/t24-/m1/s1. The second-order valence-corrected chi connectivity index (χ2v) is 10.8. The number of carboxylic acid groups (broad SMARTS) is 1. The average molecular weight is 538 g/mol. The van der Waals surface area contributed by atoms with Crippen LogP contribution in [0.3, 0.4) is 0 Å². The van der Waals surface area contributed by atoms with Gasteiger partial charge in [-0.2, -0.15) is 0 Å². The molecule has 1 aliphatic heterocycles. The van der Waals surface area contributed by atoms with Gasteiger partial charge in [0.2, 0.25) is 5.91 Å². The quantitative estimate of drug-likeness (QED) is 0.263. The third kappa shape index (κ3) is 9.11. The van der Waals surface area contributed by atoms with Gasteiger partial charge in [0.1, 0.15) is 12.6 Å². The monoisotopic (exact) mass is 538 g/mol. The summed E-state index contributed by atoms with van der Waals surface area (Å²) in [5, 5.41) is 14.9. The summed E-state index contributed by atoms with van der Waals surface area (Å²) in [5.74, 6) is -1.40. The van der Waals surface area contributed by atoms with Crippen molar-refractivity contribution in [2.75, 3.05) is 6.54 Å². The van der Waals surface area contributed by atoms with Crippen LogP contribution in [-0.2, 0) is 36.7 Å². The lowest BCUT2D eigenvalue weighted by Gasteiger charge is -2.32. The Hall–Kier alpha value is -3.37. The van der Waals surface area contributed by atoms with Crippen LogP contribution in [0.25, 0.3) is 0 Å². The Kier molecular flexibility index (Phi) is 10.5. The Balaban J connectivity index is 1.34. The minimum atomic E-state index is -1.09. The summed E-state index contributed by atoms with van der Waals surface area (Å²) in [5.41, 5.74) is 1.66. The number of benzene rings is 2. The van der Waals surface area contributed by atoms with E-state index in [0.29, 0.717) is 25.8 Å². The molecule has 1 heterocycles. The first-order valence-corrected chi connectivity index (χ1v) is 13.4. The normalized spacial score (nSPS) is 16.4. The summed E-state index contributed by atoms with van der Waals surface area (Å²) < 4.78 is 17.3. The van der Waals surface area contributed by atoms with Crippen molar-refractivity contribution in [3.63, 3.8) is 0 Å². The predicted molar refractivity (Wildman–Crippen MR) is 149 cm³/mol. The van der Waals surface area contributed by atoms with Crippen LogP contribution in [0.15, 0.2) is 54.6 Å². The largest absolute Gasteiger partial charge is 0.494 e. The minimum Gasteiger partial charge on any atom is -0.480 e. The second kappa shape index (κ2) is 13.6. The molecule has 0 unspecified atom stereocenters. The number of nitrogens with one attached hydrogen (secondary N) is 2. The smallest absolute Gasteiger partial charge is 0.480 e. The number of carboxylic acids is 1. The predicted octanol–water partition coefficient (Wildman–Crippen LogP) is 3.58. The molecular formula is C29H39BN2O7. The third-order valence-electron chi connectivity index (χ3n) is 7.14. The number of rotatable bonds is 13. The van der Waals surface area contributed by atoms with Crippen LogP contribution in [0.4, 0.5) is 4.79 Å². The molecule has 1 aliphatic rings. The van der Waals surface area contributed by atoms with E-state index in [4.69, 9.17) is 14.0 Å². The van der Waals surface area contributed by atoms with E-state index in [9.17, 15) is 19.5 Å². The van der Waals surface area contributed by atoms with Gasteiger partial charge in [0.15, 0.2) is 0 Å². The van der Waals surface area contributed by atoms with Crippen molar-refractivity contribution >= 4 is 30.6 Å². The van der Waals surface area contributed by atoms with Gasteiger partial charge in [-0.25, -0.2) is 9.59 Å². The molecule has 0 aromatic heterocycles. The van der Waals surface area contributed by atoms with Crippen LogP contribution in [0, 0.1) is 0 Å². The van der Waals surface area contributed by atoms with E-state index in [1.807, 2.05) is 82.3 Å². The first-order chi connectivity index (χ1) is 18.5. The van der Waals surface area contributed by atoms with Crippen molar-refractivity contribution in [3.8, 4) is 0 Å². The molecule has 0 radical (unpaired) electrons. The van der Waals surface area contributed by atoms with Crippen molar-refractivity contribution in [1.29, 1.82) is 0 Å². The molecule has 3 rings (SSSR count). The highest BCUT2D eigenvalue weighted by Crippen LogP contribution is 2.36. The fourth-order valence-electron chi connectivity index (χ4n) is 4.04. The van der Waals surface area contributed by atoms with E-state index in [1.165, 1.54) is 0 Å². The van der Waals surface area contributed by atoms with Crippen molar-refractivity contribution in [2.45, 2.75) is 83.6 Å². The fourth-order valence-corrected chi connectivity index (χ4v) is 4.04. The maximum atomic E-state index is 12.4. The Bertz CT molecular complexity index is 1090. The van der Waals surface area contributed by atoms with E-state index >= 15 is 0 Å². The molecule has 10 heteroatoms. The number of hydrogen-bond acceptors (Lipinski definition) is 6. The van der Waals surface area contributed by atoms with Crippen molar-refractivity contribution in [2.24, 2.45) is 0 Å². The SMILES string of the molecule is CC1(C)OB(c2ccc(C[C@@H](NC(=O)CCCCCNC(=O)OCc3ccccc3)C(=O)O)cc2)OC1(C)C. The van der Waals surface area contributed by atoms with Gasteiger partial charge in [-0.05, 0) is 57.1 Å². The maximum Gasteiger partial charge on any atom is 0.494 e. The van der Waals surface area contributed by atoms with Gasteiger partial charge < -0.3 is 29.8 Å². The zero-order valence-corrected chi connectivity index (χ0v) is 23.2. The lowest BCUT2D eigenvalue weighted by atomic mass is 9.78. The number of carbonyl (C=O) groups is 3. The topological polar surface area (TPSA) is 123 Å². The minimum absolute atomic E-state index is 0.166. The first-order valence-electron chi connectivity index (χ1n) is 13.4. The highest BCUT2D eigenvalue weighted by atomic mass is 16.7. The summed E-state index contributed by atoms with van der Waals surface area (Å²) in [6.07, 6.45) is 1.88. The molecule has 0 spiro atoms. The summed E-state index contributed by atoms with van der Waals surface area (Å²) in [4.78, 5) is 35.9. The van der Waals surface area contributed by atoms with Crippen molar-refractivity contribution in [1.82, 2.24) is 10.6 Å². The van der Waals surface area contributed by atoms with Gasteiger partial charge in [0.25, 0.3) is 0 Å². The maximum absolute atomic E-state index is 12.4. The molecule has 9 nitrogen and oxygen atoms in total. The molecule has 3 N–H and O–H groups in total. The molecule has 0 saturated carbocycles. The molecule has 39 heavy (non-hydrogen) atoms. The summed E-state index contributed by atoms with van der Waals surface area (Å²) in [7, 11) is -0.492. The van der Waals surface area contributed by atoms with Crippen LogP contribution in [0.2, 0.25) is 0 Å². The number of carbonyl (C=O) groups excluding carboxylic acids is 2. The van der Waals surface area contributed by atoms with Gasteiger partial charge in [-0.15, -0.1) is 0 Å². The van der Waals surface area contributed by atoms with Gasteiger partial charge in [0, 0.05) is 19.4 Å². The lowest BCUT2D eigenvalue weighted by Crippen LogP contribution is -2.42. The van der Waals surface area contributed by atoms with Gasteiger partial charge in [0.05, 0.1) is 11.2 Å². The van der Waals surface area contributed by atoms with Crippen molar-refractivity contribution in [3.05, 3.63) is 65.7 Å².